The summed E-state index contributed by atoms with van der Waals surface area (Å²) in [6, 6.07) is 21.7. The van der Waals surface area contributed by atoms with Crippen LogP contribution in [0.4, 0.5) is 18.9 Å². The minimum atomic E-state index is -4.54. The molecule has 0 N–H and O–H groups in total. The molecular weight excluding hydrogens is 433 g/mol. The third-order valence-corrected chi connectivity index (χ3v) is 5.96. The SMILES string of the molecule is O=C1C2ON(c3ccccc3)C(c3cccc(C(F)(F)F)c3)C2C(=O)N1Cc1ccccc1. The van der Waals surface area contributed by atoms with Crippen molar-refractivity contribution in [2.24, 2.45) is 5.92 Å². The van der Waals surface area contributed by atoms with Crippen LogP contribution in [0.2, 0.25) is 0 Å². The molecule has 0 saturated carbocycles. The first-order chi connectivity index (χ1) is 15.8. The van der Waals surface area contributed by atoms with Gasteiger partial charge in [0.15, 0.2) is 6.10 Å². The van der Waals surface area contributed by atoms with E-state index in [2.05, 4.69) is 0 Å². The maximum absolute atomic E-state index is 13.4. The van der Waals surface area contributed by atoms with Gasteiger partial charge in [0.05, 0.1) is 23.8 Å². The molecule has 2 fully saturated rings. The lowest BCUT2D eigenvalue weighted by atomic mass is 9.89. The Kier molecular flexibility index (Phi) is 5.17. The molecule has 0 radical (unpaired) electrons. The molecule has 3 atom stereocenters. The molecule has 2 aliphatic heterocycles. The van der Waals surface area contributed by atoms with Crippen LogP contribution >= 0.6 is 0 Å². The summed E-state index contributed by atoms with van der Waals surface area (Å²) in [6.07, 6.45) is -5.65. The number of para-hydroxylation sites is 1. The van der Waals surface area contributed by atoms with E-state index in [4.69, 9.17) is 4.84 Å². The van der Waals surface area contributed by atoms with Crippen LogP contribution in [-0.4, -0.2) is 22.8 Å². The maximum atomic E-state index is 13.4. The second-order valence-corrected chi connectivity index (χ2v) is 8.03. The molecule has 33 heavy (non-hydrogen) atoms. The van der Waals surface area contributed by atoms with E-state index in [1.165, 1.54) is 17.2 Å². The lowest BCUT2D eigenvalue weighted by Crippen LogP contribution is -2.37. The first kappa shape index (κ1) is 21.2. The van der Waals surface area contributed by atoms with Gasteiger partial charge < -0.3 is 0 Å². The summed E-state index contributed by atoms with van der Waals surface area (Å²) in [5.74, 6) is -1.93. The summed E-state index contributed by atoms with van der Waals surface area (Å²) in [7, 11) is 0. The molecule has 5 rings (SSSR count). The highest BCUT2D eigenvalue weighted by Gasteiger charge is 2.59. The highest BCUT2D eigenvalue weighted by atomic mass is 19.4. The average molecular weight is 452 g/mol. The van der Waals surface area contributed by atoms with Crippen molar-refractivity contribution in [2.75, 3.05) is 5.06 Å². The van der Waals surface area contributed by atoms with Crippen molar-refractivity contribution in [3.05, 3.63) is 102 Å². The summed E-state index contributed by atoms with van der Waals surface area (Å²) in [4.78, 5) is 33.7. The van der Waals surface area contributed by atoms with Crippen LogP contribution in [0, 0.1) is 5.92 Å². The van der Waals surface area contributed by atoms with Crippen LogP contribution in [0.5, 0.6) is 0 Å². The van der Waals surface area contributed by atoms with Gasteiger partial charge in [-0.25, -0.2) is 5.06 Å². The van der Waals surface area contributed by atoms with Crippen molar-refractivity contribution in [1.82, 2.24) is 4.90 Å². The van der Waals surface area contributed by atoms with Crippen molar-refractivity contribution in [1.29, 1.82) is 0 Å². The van der Waals surface area contributed by atoms with Gasteiger partial charge in [-0.2, -0.15) is 13.2 Å². The lowest BCUT2D eigenvalue weighted by Gasteiger charge is -2.29. The topological polar surface area (TPSA) is 49.9 Å². The van der Waals surface area contributed by atoms with E-state index in [0.717, 1.165) is 22.6 Å². The molecule has 0 spiro atoms. The van der Waals surface area contributed by atoms with Gasteiger partial charge in [0.2, 0.25) is 5.91 Å². The Balaban J connectivity index is 1.55. The predicted molar refractivity (Wildman–Crippen MR) is 113 cm³/mol. The normalized spacial score (nSPS) is 22.7. The van der Waals surface area contributed by atoms with E-state index in [9.17, 15) is 22.8 Å². The Morgan fingerprint density at radius 1 is 0.818 bits per heavy atom. The van der Waals surface area contributed by atoms with Gasteiger partial charge >= 0.3 is 6.18 Å². The van der Waals surface area contributed by atoms with Crippen LogP contribution < -0.4 is 5.06 Å². The fourth-order valence-corrected chi connectivity index (χ4v) is 4.43. The van der Waals surface area contributed by atoms with Crippen LogP contribution in [0.15, 0.2) is 84.9 Å². The number of hydrogen-bond acceptors (Lipinski definition) is 4. The molecule has 0 bridgehead atoms. The Hall–Kier alpha value is -3.65. The monoisotopic (exact) mass is 452 g/mol. The number of carbonyl (C=O) groups excluding carboxylic acids is 2. The lowest BCUT2D eigenvalue weighted by molar-refractivity contribution is -0.143. The standard InChI is InChI=1S/C25H19F3N2O3/c26-25(27,28)18-11-7-10-17(14-18)21-20-22(33-30(21)19-12-5-2-6-13-19)24(32)29(23(20)31)15-16-8-3-1-4-9-16/h1-14,20-22H,15H2. The van der Waals surface area contributed by atoms with Crippen molar-refractivity contribution in [2.45, 2.75) is 24.9 Å². The Morgan fingerprint density at radius 2 is 1.48 bits per heavy atom. The van der Waals surface area contributed by atoms with Crippen LogP contribution in [0.25, 0.3) is 0 Å². The molecule has 168 valence electrons. The fraction of sp³-hybridized carbons (Fsp3) is 0.200. The Bertz CT molecular complexity index is 1180. The number of likely N-dealkylation sites (tertiary alicyclic amines) is 1. The molecule has 2 aliphatic rings. The number of hydroxylamine groups is 1. The summed E-state index contributed by atoms with van der Waals surface area (Å²) in [5.41, 5.74) is 0.748. The Labute approximate surface area is 187 Å². The van der Waals surface area contributed by atoms with Gasteiger partial charge in [0, 0.05) is 0 Å². The molecule has 3 aromatic rings. The molecule has 0 aromatic heterocycles. The highest BCUT2D eigenvalue weighted by Crippen LogP contribution is 2.47. The number of anilines is 1. The number of benzene rings is 3. The molecule has 0 aliphatic carbocycles. The van der Waals surface area contributed by atoms with Crippen molar-refractivity contribution in [3.8, 4) is 0 Å². The largest absolute Gasteiger partial charge is 0.416 e. The van der Waals surface area contributed by atoms with E-state index >= 15 is 0 Å². The van der Waals surface area contributed by atoms with Gasteiger partial charge in [-0.1, -0.05) is 60.7 Å². The zero-order chi connectivity index (χ0) is 23.2. The van der Waals surface area contributed by atoms with E-state index in [1.54, 1.807) is 54.6 Å². The number of halogens is 3. The quantitative estimate of drug-likeness (QED) is 0.536. The molecular formula is C25H19F3N2O3. The second kappa shape index (κ2) is 8.04. The van der Waals surface area contributed by atoms with E-state index in [0.29, 0.717) is 5.69 Å². The zero-order valence-corrected chi connectivity index (χ0v) is 17.3. The molecule has 2 heterocycles. The van der Waals surface area contributed by atoms with Gasteiger partial charge in [0.25, 0.3) is 5.91 Å². The van der Waals surface area contributed by atoms with Crippen LogP contribution in [0.1, 0.15) is 22.7 Å². The maximum Gasteiger partial charge on any atom is 0.416 e. The predicted octanol–water partition coefficient (Wildman–Crippen LogP) is 4.75. The van der Waals surface area contributed by atoms with Crippen LogP contribution in [0.3, 0.4) is 0 Å². The van der Waals surface area contributed by atoms with Crippen LogP contribution in [-0.2, 0) is 27.1 Å². The molecule has 2 amide bonds. The number of imide groups is 1. The number of alkyl halides is 3. The number of amides is 2. The minimum Gasteiger partial charge on any atom is -0.275 e. The number of hydrogen-bond donors (Lipinski definition) is 0. The van der Waals surface area contributed by atoms with E-state index < -0.39 is 41.6 Å². The highest BCUT2D eigenvalue weighted by molar-refractivity contribution is 6.07. The van der Waals surface area contributed by atoms with E-state index in [1.807, 2.05) is 6.07 Å². The number of fused-ring (bicyclic) bond motifs is 1. The summed E-state index contributed by atoms with van der Waals surface area (Å²) >= 11 is 0. The van der Waals surface area contributed by atoms with Crippen molar-refractivity contribution >= 4 is 17.5 Å². The summed E-state index contributed by atoms with van der Waals surface area (Å²) in [5, 5.41) is 1.39. The van der Waals surface area contributed by atoms with Gasteiger partial charge in [0.1, 0.15) is 5.92 Å². The average Bonchev–Trinajstić information content (AvgIpc) is 3.32. The van der Waals surface area contributed by atoms with E-state index in [-0.39, 0.29) is 12.1 Å². The second-order valence-electron chi connectivity index (χ2n) is 8.03. The number of carbonyl (C=O) groups is 2. The third-order valence-electron chi connectivity index (χ3n) is 5.96. The summed E-state index contributed by atoms with van der Waals surface area (Å²) in [6.45, 7) is 0.0789. The minimum absolute atomic E-state index is 0.0789. The van der Waals surface area contributed by atoms with Crippen molar-refractivity contribution < 1.29 is 27.6 Å². The third kappa shape index (κ3) is 3.76. The molecule has 8 heteroatoms. The molecule has 3 aromatic carbocycles. The van der Waals surface area contributed by atoms with Gasteiger partial charge in [-0.15, -0.1) is 0 Å². The zero-order valence-electron chi connectivity index (χ0n) is 17.3. The number of nitrogens with zero attached hydrogens (tertiary/aromatic N) is 2. The smallest absolute Gasteiger partial charge is 0.275 e. The fourth-order valence-electron chi connectivity index (χ4n) is 4.43. The Morgan fingerprint density at radius 3 is 2.15 bits per heavy atom. The first-order valence-corrected chi connectivity index (χ1v) is 10.4. The number of rotatable bonds is 4. The molecule has 3 unspecified atom stereocenters. The molecule has 5 nitrogen and oxygen atoms in total. The van der Waals surface area contributed by atoms with Crippen molar-refractivity contribution in [3.63, 3.8) is 0 Å². The summed E-state index contributed by atoms with van der Waals surface area (Å²) < 4.78 is 40.2. The van der Waals surface area contributed by atoms with Gasteiger partial charge in [-0.05, 0) is 35.4 Å². The first-order valence-electron chi connectivity index (χ1n) is 10.4. The van der Waals surface area contributed by atoms with Gasteiger partial charge in [-0.3, -0.25) is 19.3 Å². The molecule has 2 saturated heterocycles.